The van der Waals surface area contributed by atoms with Gasteiger partial charge in [-0.05, 0) is 74.0 Å². The molecule has 0 spiro atoms. The molecule has 4 nitrogen and oxygen atoms in total. The van der Waals surface area contributed by atoms with Crippen LogP contribution in [0.3, 0.4) is 0 Å². The molecule has 5 heteroatoms. The van der Waals surface area contributed by atoms with Crippen molar-refractivity contribution < 1.29 is 4.39 Å². The standard InChI is InChI=1S/C22H23FN4/c1-27-8-5-19(6-9-27)26-22-12-17(11-16-4-7-25-14-20(16)22)15-2-3-21(23)18(10-15)13-24/h2-4,7,10-12,19-20,26H,5-6,8-9,14H2,1H3. The van der Waals surface area contributed by atoms with Crippen molar-refractivity contribution in [3.63, 3.8) is 0 Å². The Morgan fingerprint density at radius 1 is 1.26 bits per heavy atom. The highest BCUT2D eigenvalue weighted by Crippen LogP contribution is 2.34. The van der Waals surface area contributed by atoms with Gasteiger partial charge in [0, 0.05) is 23.9 Å². The number of nitriles is 1. The van der Waals surface area contributed by atoms with Crippen molar-refractivity contribution in [1.82, 2.24) is 10.2 Å². The lowest BCUT2D eigenvalue weighted by Gasteiger charge is -2.35. The number of fused-ring (bicyclic) bond motifs is 1. The quantitative estimate of drug-likeness (QED) is 0.898. The molecule has 0 radical (unpaired) electrons. The van der Waals surface area contributed by atoms with E-state index in [1.807, 2.05) is 18.4 Å². The second-order valence-corrected chi connectivity index (χ2v) is 7.46. The lowest BCUT2D eigenvalue weighted by molar-refractivity contribution is 0.239. The van der Waals surface area contributed by atoms with Gasteiger partial charge in [-0.2, -0.15) is 5.26 Å². The van der Waals surface area contributed by atoms with Crippen molar-refractivity contribution in [3.05, 3.63) is 64.6 Å². The average molecular weight is 362 g/mol. The molecular formula is C22H23FN4. The van der Waals surface area contributed by atoms with Crippen LogP contribution in [0.2, 0.25) is 0 Å². The fourth-order valence-electron chi connectivity index (χ4n) is 3.93. The van der Waals surface area contributed by atoms with Gasteiger partial charge in [0.2, 0.25) is 0 Å². The van der Waals surface area contributed by atoms with Gasteiger partial charge in [-0.25, -0.2) is 4.39 Å². The van der Waals surface area contributed by atoms with Crippen molar-refractivity contribution in [1.29, 1.82) is 5.26 Å². The average Bonchev–Trinajstić information content (AvgIpc) is 2.70. The van der Waals surface area contributed by atoms with E-state index in [2.05, 4.69) is 34.4 Å². The number of nitrogens with one attached hydrogen (secondary N) is 1. The van der Waals surface area contributed by atoms with Crippen molar-refractivity contribution in [2.45, 2.75) is 18.9 Å². The van der Waals surface area contributed by atoms with Crippen LogP contribution in [0.5, 0.6) is 0 Å². The summed E-state index contributed by atoms with van der Waals surface area (Å²) in [5, 5.41) is 12.9. The number of piperidine rings is 1. The molecule has 2 heterocycles. The largest absolute Gasteiger partial charge is 0.385 e. The molecule has 138 valence electrons. The second-order valence-electron chi connectivity index (χ2n) is 7.46. The van der Waals surface area contributed by atoms with Crippen LogP contribution in [0.25, 0.3) is 5.57 Å². The van der Waals surface area contributed by atoms with Crippen LogP contribution in [-0.2, 0) is 0 Å². The molecule has 0 bridgehead atoms. The number of aliphatic imine (C=N–C) groups is 1. The van der Waals surface area contributed by atoms with Gasteiger partial charge in [0.1, 0.15) is 11.9 Å². The topological polar surface area (TPSA) is 51.4 Å². The third-order valence-electron chi connectivity index (χ3n) is 5.58. The number of rotatable bonds is 3. The zero-order valence-electron chi connectivity index (χ0n) is 15.5. The van der Waals surface area contributed by atoms with Gasteiger partial charge in [0.15, 0.2) is 0 Å². The molecule has 1 N–H and O–H groups in total. The molecule has 3 aliphatic rings. The highest BCUT2D eigenvalue weighted by atomic mass is 19.1. The second kappa shape index (κ2) is 7.50. The molecular weight excluding hydrogens is 339 g/mol. The summed E-state index contributed by atoms with van der Waals surface area (Å²) in [7, 11) is 2.16. The molecule has 1 saturated heterocycles. The summed E-state index contributed by atoms with van der Waals surface area (Å²) in [4.78, 5) is 6.80. The lowest BCUT2D eigenvalue weighted by Crippen LogP contribution is -2.42. The molecule has 2 aliphatic heterocycles. The maximum Gasteiger partial charge on any atom is 0.140 e. The first-order chi connectivity index (χ1) is 13.1. The van der Waals surface area contributed by atoms with E-state index in [4.69, 9.17) is 5.26 Å². The Hall–Kier alpha value is -2.71. The van der Waals surface area contributed by atoms with Crippen molar-refractivity contribution >= 4 is 11.8 Å². The van der Waals surface area contributed by atoms with Crippen LogP contribution in [0, 0.1) is 23.1 Å². The first-order valence-corrected chi connectivity index (χ1v) is 9.42. The van der Waals surface area contributed by atoms with E-state index < -0.39 is 5.82 Å². The van der Waals surface area contributed by atoms with E-state index in [0.29, 0.717) is 6.04 Å². The molecule has 4 rings (SSSR count). The Morgan fingerprint density at radius 3 is 2.85 bits per heavy atom. The first-order valence-electron chi connectivity index (χ1n) is 9.42. The maximum absolute atomic E-state index is 13.7. The van der Waals surface area contributed by atoms with Crippen LogP contribution in [-0.4, -0.2) is 43.8 Å². The summed E-state index contributed by atoms with van der Waals surface area (Å²) >= 11 is 0. The smallest absolute Gasteiger partial charge is 0.140 e. The predicted octanol–water partition coefficient (Wildman–Crippen LogP) is 3.29. The van der Waals surface area contributed by atoms with E-state index in [-0.39, 0.29) is 11.5 Å². The van der Waals surface area contributed by atoms with Gasteiger partial charge < -0.3 is 10.2 Å². The Bertz CT molecular complexity index is 895. The van der Waals surface area contributed by atoms with Gasteiger partial charge in [0.05, 0.1) is 12.1 Å². The zero-order chi connectivity index (χ0) is 18.8. The summed E-state index contributed by atoms with van der Waals surface area (Å²) in [5.74, 6) is -0.234. The first kappa shape index (κ1) is 17.7. The van der Waals surface area contributed by atoms with Gasteiger partial charge >= 0.3 is 0 Å². The Morgan fingerprint density at radius 2 is 2.07 bits per heavy atom. The molecule has 1 aromatic carbocycles. The Balaban J connectivity index is 1.65. The minimum absolute atomic E-state index is 0.0768. The van der Waals surface area contributed by atoms with Crippen LogP contribution >= 0.6 is 0 Å². The normalized spacial score (nSPS) is 23.0. The van der Waals surface area contributed by atoms with Crippen molar-refractivity contribution in [2.75, 3.05) is 26.7 Å². The molecule has 0 saturated carbocycles. The monoisotopic (exact) mass is 362 g/mol. The molecule has 1 atom stereocenters. The molecule has 1 unspecified atom stereocenters. The van der Waals surface area contributed by atoms with Crippen molar-refractivity contribution in [2.24, 2.45) is 10.9 Å². The number of dihydropyridines is 1. The number of hydrogen-bond acceptors (Lipinski definition) is 4. The third-order valence-corrected chi connectivity index (χ3v) is 5.58. The van der Waals surface area contributed by atoms with Gasteiger partial charge in [0.25, 0.3) is 0 Å². The van der Waals surface area contributed by atoms with Crippen molar-refractivity contribution in [3.8, 4) is 6.07 Å². The fraction of sp³-hybridized carbons (Fsp3) is 0.364. The molecule has 1 fully saturated rings. The van der Waals surface area contributed by atoms with Crippen LogP contribution in [0.15, 0.2) is 52.7 Å². The zero-order valence-corrected chi connectivity index (χ0v) is 15.5. The predicted molar refractivity (Wildman–Crippen MR) is 106 cm³/mol. The maximum atomic E-state index is 13.7. The van der Waals surface area contributed by atoms with Crippen LogP contribution in [0.4, 0.5) is 4.39 Å². The summed E-state index contributed by atoms with van der Waals surface area (Å²) in [6.07, 6.45) is 10.4. The number of likely N-dealkylation sites (tertiary alicyclic amines) is 1. The lowest BCUT2D eigenvalue weighted by atomic mass is 9.84. The number of allylic oxidation sites excluding steroid dienone is 4. The molecule has 1 aliphatic carbocycles. The van der Waals surface area contributed by atoms with Gasteiger partial charge in [-0.1, -0.05) is 12.1 Å². The van der Waals surface area contributed by atoms with E-state index in [0.717, 1.165) is 43.6 Å². The minimum Gasteiger partial charge on any atom is -0.385 e. The summed E-state index contributed by atoms with van der Waals surface area (Å²) < 4.78 is 13.7. The highest BCUT2D eigenvalue weighted by Gasteiger charge is 2.27. The molecule has 27 heavy (non-hydrogen) atoms. The van der Waals surface area contributed by atoms with E-state index in [1.165, 1.54) is 17.3 Å². The van der Waals surface area contributed by atoms with Gasteiger partial charge in [-0.15, -0.1) is 0 Å². The third kappa shape index (κ3) is 3.72. The molecule has 0 aromatic heterocycles. The highest BCUT2D eigenvalue weighted by molar-refractivity contribution is 5.83. The van der Waals surface area contributed by atoms with Gasteiger partial charge in [-0.3, -0.25) is 4.99 Å². The number of benzene rings is 1. The molecule has 1 aromatic rings. The fourth-order valence-corrected chi connectivity index (χ4v) is 3.93. The Kier molecular flexibility index (Phi) is 4.91. The summed E-state index contributed by atoms with van der Waals surface area (Å²) in [6, 6.07) is 7.13. The number of hydrogen-bond donors (Lipinski definition) is 1. The number of halogens is 1. The van der Waals surface area contributed by atoms with Crippen LogP contribution < -0.4 is 5.32 Å². The number of nitrogens with zero attached hydrogens (tertiary/aromatic N) is 3. The van der Waals surface area contributed by atoms with E-state index in [9.17, 15) is 4.39 Å². The minimum atomic E-state index is -0.479. The van der Waals surface area contributed by atoms with E-state index >= 15 is 0 Å². The SMILES string of the molecule is CN1CCC(NC2=CC(c3ccc(F)c(C#N)c3)=CC3=CC=NCC32)CC1. The summed E-state index contributed by atoms with van der Waals surface area (Å²) in [5.41, 5.74) is 4.32. The Labute approximate surface area is 159 Å². The molecule has 0 amide bonds. The summed E-state index contributed by atoms with van der Waals surface area (Å²) in [6.45, 7) is 2.94. The van der Waals surface area contributed by atoms with E-state index in [1.54, 1.807) is 12.1 Å². The van der Waals surface area contributed by atoms with Crippen LogP contribution in [0.1, 0.15) is 24.0 Å².